The number of benzene rings is 1. The highest BCUT2D eigenvalue weighted by molar-refractivity contribution is 6.32. The maximum absolute atomic E-state index is 6.23. The first-order valence-electron chi connectivity index (χ1n) is 5.66. The quantitative estimate of drug-likeness (QED) is 0.776. The second-order valence-electron chi connectivity index (χ2n) is 4.29. The fourth-order valence-electron chi connectivity index (χ4n) is 2.11. The zero-order valence-electron chi connectivity index (χ0n) is 9.61. The Bertz CT molecular complexity index is 563. The van der Waals surface area contributed by atoms with Crippen LogP contribution < -0.4 is 0 Å². The lowest BCUT2D eigenvalue weighted by atomic mass is 10.1. The van der Waals surface area contributed by atoms with Gasteiger partial charge in [-0.25, -0.2) is 4.68 Å². The molecule has 1 aromatic carbocycles. The molecule has 17 heavy (non-hydrogen) atoms. The van der Waals surface area contributed by atoms with Crippen molar-refractivity contribution in [2.24, 2.45) is 0 Å². The van der Waals surface area contributed by atoms with E-state index in [0.29, 0.717) is 11.6 Å². The number of fused-ring (bicyclic) bond motifs is 1. The number of hydrogen-bond acceptors (Lipinski definition) is 2. The molecule has 0 bridgehead atoms. The van der Waals surface area contributed by atoms with E-state index in [4.69, 9.17) is 16.3 Å². The van der Waals surface area contributed by atoms with Crippen LogP contribution in [0, 0.1) is 6.92 Å². The molecule has 3 nitrogen and oxygen atoms in total. The third-order valence-corrected chi connectivity index (χ3v) is 3.36. The van der Waals surface area contributed by atoms with E-state index in [-0.39, 0.29) is 0 Å². The Morgan fingerprint density at radius 1 is 1.41 bits per heavy atom. The zero-order chi connectivity index (χ0) is 11.8. The Morgan fingerprint density at radius 3 is 3.18 bits per heavy atom. The van der Waals surface area contributed by atoms with Crippen LogP contribution in [0.4, 0.5) is 0 Å². The third-order valence-electron chi connectivity index (χ3n) is 3.04. The van der Waals surface area contributed by atoms with Crippen LogP contribution in [0.1, 0.15) is 16.8 Å². The van der Waals surface area contributed by atoms with Crippen molar-refractivity contribution in [3.63, 3.8) is 0 Å². The third kappa shape index (κ3) is 1.85. The molecule has 0 unspecified atom stereocenters. The molecular formula is C13H13ClN2O. The van der Waals surface area contributed by atoms with Crippen molar-refractivity contribution in [1.82, 2.24) is 9.78 Å². The van der Waals surface area contributed by atoms with E-state index in [1.54, 1.807) is 0 Å². The Morgan fingerprint density at radius 2 is 2.29 bits per heavy atom. The van der Waals surface area contributed by atoms with Gasteiger partial charge in [0.2, 0.25) is 0 Å². The van der Waals surface area contributed by atoms with Crippen molar-refractivity contribution < 1.29 is 4.74 Å². The first kappa shape index (κ1) is 10.8. The van der Waals surface area contributed by atoms with Crippen LogP contribution in [0.5, 0.6) is 0 Å². The number of hydrogen-bond donors (Lipinski definition) is 0. The summed E-state index contributed by atoms with van der Waals surface area (Å²) in [6.45, 7) is 3.44. The molecular weight excluding hydrogens is 236 g/mol. The number of aryl methyl sites for hydroxylation is 1. The molecule has 2 aromatic rings. The van der Waals surface area contributed by atoms with Gasteiger partial charge in [0.1, 0.15) is 0 Å². The lowest BCUT2D eigenvalue weighted by Gasteiger charge is -2.15. The minimum absolute atomic E-state index is 0.611. The summed E-state index contributed by atoms with van der Waals surface area (Å²) in [4.78, 5) is 0. The summed E-state index contributed by atoms with van der Waals surface area (Å²) >= 11 is 6.23. The monoisotopic (exact) mass is 248 g/mol. The van der Waals surface area contributed by atoms with Crippen molar-refractivity contribution >= 4 is 11.6 Å². The highest BCUT2D eigenvalue weighted by atomic mass is 35.5. The SMILES string of the molecule is Cc1ccc(Cl)c(-n2ncc3c2COCC3)c1. The summed E-state index contributed by atoms with van der Waals surface area (Å²) in [7, 11) is 0. The highest BCUT2D eigenvalue weighted by Crippen LogP contribution is 2.25. The van der Waals surface area contributed by atoms with Gasteiger partial charge in [0, 0.05) is 0 Å². The molecule has 0 amide bonds. The standard InChI is InChI=1S/C13H13ClN2O/c1-9-2-3-11(14)12(6-9)16-13-8-17-5-4-10(13)7-15-16/h2-3,6-7H,4-5,8H2,1H3. The van der Waals surface area contributed by atoms with Gasteiger partial charge in [-0.3, -0.25) is 0 Å². The predicted molar refractivity (Wildman–Crippen MR) is 66.7 cm³/mol. The van der Waals surface area contributed by atoms with Gasteiger partial charge >= 0.3 is 0 Å². The van der Waals surface area contributed by atoms with E-state index >= 15 is 0 Å². The van der Waals surface area contributed by atoms with Crippen molar-refractivity contribution in [2.75, 3.05) is 6.61 Å². The molecule has 0 N–H and O–H groups in total. The fourth-order valence-corrected chi connectivity index (χ4v) is 2.31. The van der Waals surface area contributed by atoms with Crippen molar-refractivity contribution in [3.05, 3.63) is 46.2 Å². The highest BCUT2D eigenvalue weighted by Gasteiger charge is 2.17. The fraction of sp³-hybridized carbons (Fsp3) is 0.308. The van der Waals surface area contributed by atoms with Crippen LogP contribution in [-0.4, -0.2) is 16.4 Å². The number of halogens is 1. The largest absolute Gasteiger partial charge is 0.375 e. The van der Waals surface area contributed by atoms with Gasteiger partial charge in [0.15, 0.2) is 0 Å². The first-order chi connectivity index (χ1) is 8.25. The Labute approximate surface area is 105 Å². The van der Waals surface area contributed by atoms with E-state index < -0.39 is 0 Å². The molecule has 0 atom stereocenters. The minimum Gasteiger partial charge on any atom is -0.375 e. The van der Waals surface area contributed by atoms with E-state index in [2.05, 4.69) is 5.10 Å². The van der Waals surface area contributed by atoms with E-state index in [1.807, 2.05) is 36.0 Å². The molecule has 0 spiro atoms. The predicted octanol–water partition coefficient (Wildman–Crippen LogP) is 2.91. The second-order valence-corrected chi connectivity index (χ2v) is 4.69. The molecule has 4 heteroatoms. The number of rotatable bonds is 1. The normalized spacial score (nSPS) is 14.7. The lowest BCUT2D eigenvalue weighted by Crippen LogP contribution is -2.12. The second kappa shape index (κ2) is 4.17. The number of nitrogens with zero attached hydrogens (tertiary/aromatic N) is 2. The Kier molecular flexibility index (Phi) is 2.65. The van der Waals surface area contributed by atoms with Gasteiger partial charge in [-0.15, -0.1) is 0 Å². The van der Waals surface area contributed by atoms with Crippen LogP contribution in [0.3, 0.4) is 0 Å². The first-order valence-corrected chi connectivity index (χ1v) is 6.03. The minimum atomic E-state index is 0.611. The van der Waals surface area contributed by atoms with E-state index in [1.165, 1.54) is 11.1 Å². The van der Waals surface area contributed by atoms with Crippen LogP contribution >= 0.6 is 11.6 Å². The molecule has 88 valence electrons. The van der Waals surface area contributed by atoms with Gasteiger partial charge in [0.05, 0.1) is 35.8 Å². The number of ether oxygens (including phenoxy) is 1. The lowest BCUT2D eigenvalue weighted by molar-refractivity contribution is 0.106. The van der Waals surface area contributed by atoms with Crippen molar-refractivity contribution in [3.8, 4) is 5.69 Å². The molecule has 1 aliphatic rings. The van der Waals surface area contributed by atoms with Crippen LogP contribution in [0.15, 0.2) is 24.4 Å². The van der Waals surface area contributed by atoms with E-state index in [0.717, 1.165) is 24.4 Å². The summed E-state index contributed by atoms with van der Waals surface area (Å²) in [5.41, 5.74) is 4.47. The molecule has 0 radical (unpaired) electrons. The Hall–Kier alpha value is -1.32. The Balaban J connectivity index is 2.15. The van der Waals surface area contributed by atoms with E-state index in [9.17, 15) is 0 Å². The van der Waals surface area contributed by atoms with Gasteiger partial charge in [-0.2, -0.15) is 5.10 Å². The van der Waals surface area contributed by atoms with Crippen molar-refractivity contribution in [2.45, 2.75) is 20.0 Å². The van der Waals surface area contributed by atoms with Crippen molar-refractivity contribution in [1.29, 1.82) is 0 Å². The number of aromatic nitrogens is 2. The van der Waals surface area contributed by atoms with Crippen LogP contribution in [-0.2, 0) is 17.8 Å². The smallest absolute Gasteiger partial charge is 0.0892 e. The molecule has 0 saturated heterocycles. The summed E-state index contributed by atoms with van der Waals surface area (Å²) < 4.78 is 7.38. The summed E-state index contributed by atoms with van der Waals surface area (Å²) in [6, 6.07) is 5.95. The van der Waals surface area contributed by atoms with Crippen LogP contribution in [0.25, 0.3) is 5.69 Å². The van der Waals surface area contributed by atoms with Crippen LogP contribution in [0.2, 0.25) is 5.02 Å². The van der Waals surface area contributed by atoms with Gasteiger partial charge in [-0.05, 0) is 36.6 Å². The molecule has 0 aliphatic carbocycles. The zero-order valence-corrected chi connectivity index (χ0v) is 10.4. The molecule has 3 rings (SSSR count). The average molecular weight is 249 g/mol. The molecule has 2 heterocycles. The molecule has 0 saturated carbocycles. The summed E-state index contributed by atoms with van der Waals surface area (Å²) in [6.07, 6.45) is 2.84. The molecule has 1 aromatic heterocycles. The maximum Gasteiger partial charge on any atom is 0.0892 e. The van der Waals surface area contributed by atoms with Gasteiger partial charge in [-0.1, -0.05) is 17.7 Å². The molecule has 1 aliphatic heterocycles. The summed E-state index contributed by atoms with van der Waals surface area (Å²) in [5.74, 6) is 0. The average Bonchev–Trinajstić information content (AvgIpc) is 2.76. The maximum atomic E-state index is 6.23. The summed E-state index contributed by atoms with van der Waals surface area (Å²) in [5, 5.41) is 5.14. The molecule has 0 fully saturated rings. The van der Waals surface area contributed by atoms with Gasteiger partial charge < -0.3 is 4.74 Å². The van der Waals surface area contributed by atoms with Gasteiger partial charge in [0.25, 0.3) is 0 Å². The topological polar surface area (TPSA) is 27.1 Å².